The predicted octanol–water partition coefficient (Wildman–Crippen LogP) is 2.03. The monoisotopic (exact) mass is 275 g/mol. The number of nitrogen functional groups attached to an aromatic ring is 1. The molecule has 1 saturated heterocycles. The van der Waals surface area contributed by atoms with Gasteiger partial charge in [0.25, 0.3) is 0 Å². The molecule has 0 unspecified atom stereocenters. The number of rotatable bonds is 3. The second kappa shape index (κ2) is 5.62. The average Bonchev–Trinajstić information content (AvgIpc) is 2.41. The van der Waals surface area contributed by atoms with Gasteiger partial charge < -0.3 is 16.2 Å². The van der Waals surface area contributed by atoms with Crippen molar-refractivity contribution >= 4 is 5.69 Å². The molecule has 4 N–H and O–H groups in total. The van der Waals surface area contributed by atoms with Crippen molar-refractivity contribution < 1.29 is 5.11 Å². The number of nitrogens with one attached hydrogen (secondary N) is 1. The zero-order valence-electron chi connectivity index (χ0n) is 12.2. The zero-order chi connectivity index (χ0) is 14.1. The first-order valence-electron chi connectivity index (χ1n) is 7.71. The van der Waals surface area contributed by atoms with Crippen molar-refractivity contribution in [3.8, 4) is 5.75 Å². The van der Waals surface area contributed by atoms with E-state index in [9.17, 15) is 5.11 Å². The van der Waals surface area contributed by atoms with Gasteiger partial charge in [-0.25, -0.2) is 0 Å². The molecule has 2 aliphatic rings. The topological polar surface area (TPSA) is 61.5 Å². The Kier molecular flexibility index (Phi) is 3.85. The number of aryl methyl sites for hydroxylation is 1. The number of piperazine rings is 1. The molecule has 0 bridgehead atoms. The Morgan fingerprint density at radius 2 is 2.00 bits per heavy atom. The van der Waals surface area contributed by atoms with Crippen molar-refractivity contribution in [3.05, 3.63) is 23.3 Å². The maximum absolute atomic E-state index is 10.5. The van der Waals surface area contributed by atoms with Crippen molar-refractivity contribution in [2.75, 3.05) is 31.9 Å². The van der Waals surface area contributed by atoms with Gasteiger partial charge in [0.15, 0.2) is 0 Å². The van der Waals surface area contributed by atoms with E-state index in [1.54, 1.807) is 0 Å². The Bertz CT molecular complexity index is 479. The van der Waals surface area contributed by atoms with Gasteiger partial charge in [0, 0.05) is 37.8 Å². The van der Waals surface area contributed by atoms with E-state index in [4.69, 9.17) is 5.73 Å². The second-order valence-corrected chi connectivity index (χ2v) is 6.16. The van der Waals surface area contributed by atoms with Crippen molar-refractivity contribution in [1.82, 2.24) is 10.2 Å². The fraction of sp³-hybridized carbons (Fsp3) is 0.625. The number of hydrogen-bond acceptors (Lipinski definition) is 4. The fourth-order valence-corrected chi connectivity index (χ4v) is 3.53. The quantitative estimate of drug-likeness (QED) is 0.583. The third-order valence-corrected chi connectivity index (χ3v) is 4.90. The summed E-state index contributed by atoms with van der Waals surface area (Å²) in [5.74, 6) is 0.972. The number of phenols is 1. The molecule has 20 heavy (non-hydrogen) atoms. The summed E-state index contributed by atoms with van der Waals surface area (Å²) >= 11 is 0. The average molecular weight is 275 g/mol. The van der Waals surface area contributed by atoms with E-state index in [1.165, 1.54) is 19.3 Å². The molecule has 1 saturated carbocycles. The van der Waals surface area contributed by atoms with Crippen LogP contribution in [0.15, 0.2) is 12.1 Å². The first kappa shape index (κ1) is 13.7. The Morgan fingerprint density at radius 3 is 2.60 bits per heavy atom. The lowest BCUT2D eigenvalue weighted by molar-refractivity contribution is 0.0816. The van der Waals surface area contributed by atoms with Crippen LogP contribution in [0.2, 0.25) is 0 Å². The Morgan fingerprint density at radius 1 is 1.30 bits per heavy atom. The highest BCUT2D eigenvalue weighted by atomic mass is 16.3. The van der Waals surface area contributed by atoms with Crippen LogP contribution in [0.4, 0.5) is 5.69 Å². The van der Waals surface area contributed by atoms with Gasteiger partial charge in [0.2, 0.25) is 0 Å². The summed E-state index contributed by atoms with van der Waals surface area (Å²) in [6.07, 6.45) is 3.85. The Labute approximate surface area is 121 Å². The second-order valence-electron chi connectivity index (χ2n) is 6.16. The number of phenolic OH excluding ortho intramolecular Hbond substituents is 1. The highest BCUT2D eigenvalue weighted by Crippen LogP contribution is 2.46. The molecule has 0 amide bonds. The van der Waals surface area contributed by atoms with Gasteiger partial charge in [-0.15, -0.1) is 0 Å². The van der Waals surface area contributed by atoms with Gasteiger partial charge in [0.05, 0.1) is 5.69 Å². The lowest BCUT2D eigenvalue weighted by Gasteiger charge is -2.44. The van der Waals surface area contributed by atoms with Crippen LogP contribution in [0, 0.1) is 12.8 Å². The van der Waals surface area contributed by atoms with E-state index in [0.717, 1.165) is 37.3 Å². The molecule has 2 fully saturated rings. The molecule has 1 aliphatic carbocycles. The molecule has 110 valence electrons. The van der Waals surface area contributed by atoms with Crippen molar-refractivity contribution in [2.24, 2.45) is 5.92 Å². The number of nitrogens with two attached hydrogens (primary N) is 1. The smallest absolute Gasteiger partial charge is 0.143 e. The SMILES string of the molecule is Cc1ccc(N)c(O)c1[C@H](C1CCC1)N1CCNCC1. The van der Waals surface area contributed by atoms with E-state index in [2.05, 4.69) is 17.1 Å². The molecule has 4 nitrogen and oxygen atoms in total. The summed E-state index contributed by atoms with van der Waals surface area (Å²) < 4.78 is 0. The summed E-state index contributed by atoms with van der Waals surface area (Å²) in [7, 11) is 0. The fourth-order valence-electron chi connectivity index (χ4n) is 3.53. The molecule has 4 heteroatoms. The Balaban J connectivity index is 1.98. The Hall–Kier alpha value is -1.26. The molecule has 1 aromatic rings. The van der Waals surface area contributed by atoms with Crippen LogP contribution < -0.4 is 11.1 Å². The molecule has 1 heterocycles. The highest BCUT2D eigenvalue weighted by Gasteiger charge is 2.36. The van der Waals surface area contributed by atoms with Crippen LogP contribution in [0.5, 0.6) is 5.75 Å². The molecule has 0 radical (unpaired) electrons. The first-order valence-corrected chi connectivity index (χ1v) is 7.71. The number of nitrogens with zero attached hydrogens (tertiary/aromatic N) is 1. The van der Waals surface area contributed by atoms with Gasteiger partial charge >= 0.3 is 0 Å². The minimum absolute atomic E-state index is 0.306. The van der Waals surface area contributed by atoms with E-state index in [1.807, 2.05) is 12.1 Å². The van der Waals surface area contributed by atoms with Crippen molar-refractivity contribution in [1.29, 1.82) is 0 Å². The minimum Gasteiger partial charge on any atom is -0.505 e. The summed E-state index contributed by atoms with van der Waals surface area (Å²) in [5, 5.41) is 13.9. The minimum atomic E-state index is 0.306. The summed E-state index contributed by atoms with van der Waals surface area (Å²) in [6, 6.07) is 4.18. The van der Waals surface area contributed by atoms with Gasteiger partial charge in [-0.2, -0.15) is 0 Å². The zero-order valence-corrected chi connectivity index (χ0v) is 12.2. The van der Waals surface area contributed by atoms with Gasteiger partial charge in [-0.3, -0.25) is 4.90 Å². The number of benzene rings is 1. The highest BCUT2D eigenvalue weighted by molar-refractivity contribution is 5.59. The first-order chi connectivity index (χ1) is 9.68. The van der Waals surface area contributed by atoms with E-state index in [0.29, 0.717) is 23.4 Å². The van der Waals surface area contributed by atoms with Crippen LogP contribution in [0.1, 0.15) is 36.4 Å². The van der Waals surface area contributed by atoms with Crippen LogP contribution >= 0.6 is 0 Å². The van der Waals surface area contributed by atoms with Gasteiger partial charge in [-0.05, 0) is 37.3 Å². The van der Waals surface area contributed by atoms with Crippen molar-refractivity contribution in [3.63, 3.8) is 0 Å². The third-order valence-electron chi connectivity index (χ3n) is 4.90. The number of aromatic hydroxyl groups is 1. The van der Waals surface area contributed by atoms with Crippen LogP contribution in [-0.4, -0.2) is 36.2 Å². The van der Waals surface area contributed by atoms with E-state index in [-0.39, 0.29) is 0 Å². The van der Waals surface area contributed by atoms with E-state index >= 15 is 0 Å². The van der Waals surface area contributed by atoms with Crippen LogP contribution in [0.3, 0.4) is 0 Å². The lowest BCUT2D eigenvalue weighted by atomic mass is 9.75. The molecule has 1 aromatic carbocycles. The molecule has 3 rings (SSSR count). The number of anilines is 1. The normalized spacial score (nSPS) is 22.4. The summed E-state index contributed by atoms with van der Waals surface area (Å²) in [4.78, 5) is 2.53. The molecular weight excluding hydrogens is 250 g/mol. The lowest BCUT2D eigenvalue weighted by Crippen LogP contribution is -2.48. The predicted molar refractivity (Wildman–Crippen MR) is 81.8 cm³/mol. The molecule has 0 aromatic heterocycles. The standard InChI is InChI=1S/C16H25N3O/c1-11-5-6-13(17)16(20)14(11)15(12-3-2-4-12)19-9-7-18-8-10-19/h5-6,12,15,18,20H,2-4,7-10,17H2,1H3/t15-/m0/s1. The third kappa shape index (κ3) is 2.38. The molecule has 1 atom stereocenters. The van der Waals surface area contributed by atoms with Crippen LogP contribution in [-0.2, 0) is 0 Å². The molecular formula is C16H25N3O. The number of hydrogen-bond donors (Lipinski definition) is 3. The summed E-state index contributed by atoms with van der Waals surface area (Å²) in [5.41, 5.74) is 8.67. The molecule has 1 aliphatic heterocycles. The molecule has 0 spiro atoms. The maximum Gasteiger partial charge on any atom is 0.143 e. The largest absolute Gasteiger partial charge is 0.505 e. The summed E-state index contributed by atoms with van der Waals surface area (Å²) in [6.45, 7) is 6.25. The van der Waals surface area contributed by atoms with Gasteiger partial charge in [-0.1, -0.05) is 12.5 Å². The van der Waals surface area contributed by atoms with Gasteiger partial charge in [0.1, 0.15) is 5.75 Å². The van der Waals surface area contributed by atoms with Crippen molar-refractivity contribution in [2.45, 2.75) is 32.2 Å². The van der Waals surface area contributed by atoms with Crippen LogP contribution in [0.25, 0.3) is 0 Å². The van der Waals surface area contributed by atoms with E-state index < -0.39 is 0 Å². The maximum atomic E-state index is 10.5.